The van der Waals surface area contributed by atoms with Gasteiger partial charge in [0.1, 0.15) is 0 Å². The summed E-state index contributed by atoms with van der Waals surface area (Å²) in [6.07, 6.45) is -0.493. The molecule has 0 amide bonds. The number of hydrogen-bond donors (Lipinski definition) is 1. The van der Waals surface area contributed by atoms with E-state index in [1.807, 2.05) is 0 Å². The van der Waals surface area contributed by atoms with Crippen molar-refractivity contribution >= 4 is 5.97 Å². The van der Waals surface area contributed by atoms with Gasteiger partial charge in [-0.3, -0.25) is 0 Å². The van der Waals surface area contributed by atoms with Crippen LogP contribution >= 0.6 is 0 Å². The molecule has 0 saturated carbocycles. The predicted octanol–water partition coefficient (Wildman–Crippen LogP) is 1.57. The van der Waals surface area contributed by atoms with Gasteiger partial charge in [0.15, 0.2) is 0 Å². The normalized spacial score (nSPS) is 14.7. The number of carbonyl (C=O) groups is 1. The summed E-state index contributed by atoms with van der Waals surface area (Å²) >= 11 is 0. The van der Waals surface area contributed by atoms with Gasteiger partial charge in [-0.25, -0.2) is 13.6 Å². The van der Waals surface area contributed by atoms with Crippen molar-refractivity contribution in [1.29, 1.82) is 0 Å². The maximum Gasteiger partial charge on any atom is 0.358 e. The first-order valence-corrected chi connectivity index (χ1v) is 2.85. The Morgan fingerprint density at radius 2 is 2.20 bits per heavy atom. The lowest BCUT2D eigenvalue weighted by Gasteiger charge is -2.12. The maximum absolute atomic E-state index is 12.4. The van der Waals surface area contributed by atoms with E-state index in [0.717, 1.165) is 0 Å². The van der Waals surface area contributed by atoms with Crippen LogP contribution in [0, 0.1) is 12.8 Å². The van der Waals surface area contributed by atoms with Crippen molar-refractivity contribution in [2.75, 3.05) is 0 Å². The highest BCUT2D eigenvalue weighted by atomic mass is 19.3. The molecule has 1 unspecified atom stereocenters. The van der Waals surface area contributed by atoms with Gasteiger partial charge >= 0.3 is 11.9 Å². The van der Waals surface area contributed by atoms with Gasteiger partial charge in [-0.05, 0) is 0 Å². The average molecular weight is 151 g/mol. The molecule has 1 N–H and O–H groups in total. The minimum absolute atomic E-state index is 0.493. The van der Waals surface area contributed by atoms with E-state index in [9.17, 15) is 13.6 Å². The molecule has 0 aromatic rings. The molecule has 0 heterocycles. The van der Waals surface area contributed by atoms with Crippen molar-refractivity contribution in [3.05, 3.63) is 6.92 Å². The number of aliphatic carboxylic acids is 1. The molecule has 2 nitrogen and oxygen atoms in total. The van der Waals surface area contributed by atoms with Gasteiger partial charge in [0, 0.05) is 6.42 Å². The fraction of sp³-hybridized carbons (Fsp3) is 0.667. The third-order valence-corrected chi connectivity index (χ3v) is 1.28. The summed E-state index contributed by atoms with van der Waals surface area (Å²) in [6.45, 7) is 4.05. The first-order chi connectivity index (χ1) is 4.41. The summed E-state index contributed by atoms with van der Waals surface area (Å²) < 4.78 is 24.7. The molecule has 0 saturated heterocycles. The molecular formula is C6H9F2O2+. The molecule has 0 aliphatic heterocycles. The molecule has 10 heavy (non-hydrogen) atoms. The van der Waals surface area contributed by atoms with Crippen LogP contribution in [-0.2, 0) is 4.79 Å². The van der Waals surface area contributed by atoms with Crippen molar-refractivity contribution in [2.24, 2.45) is 5.92 Å². The van der Waals surface area contributed by atoms with E-state index in [2.05, 4.69) is 6.92 Å². The Hall–Kier alpha value is -0.800. The third-order valence-electron chi connectivity index (χ3n) is 1.28. The molecule has 0 aromatic heterocycles. The Kier molecular flexibility index (Phi) is 2.63. The van der Waals surface area contributed by atoms with E-state index in [1.54, 1.807) is 0 Å². The summed E-state index contributed by atoms with van der Waals surface area (Å²) in [5.74, 6) is -6.59. The minimum Gasteiger partial charge on any atom is -0.478 e. The van der Waals surface area contributed by atoms with Crippen LogP contribution in [0.15, 0.2) is 0 Å². The van der Waals surface area contributed by atoms with Gasteiger partial charge in [0.05, 0.1) is 6.92 Å². The number of alkyl halides is 2. The van der Waals surface area contributed by atoms with Crippen molar-refractivity contribution in [2.45, 2.75) is 19.3 Å². The number of hydrogen-bond acceptors (Lipinski definition) is 1. The van der Waals surface area contributed by atoms with Crippen LogP contribution in [0.3, 0.4) is 0 Å². The van der Waals surface area contributed by atoms with Crippen LogP contribution in [0.4, 0.5) is 8.78 Å². The molecule has 0 rings (SSSR count). The molecule has 1 atom stereocenters. The fourth-order valence-electron chi connectivity index (χ4n) is 0.427. The molecule has 4 heteroatoms. The SMILES string of the molecule is [CH2+]C(C(=O)O)C(F)(F)CC. The second kappa shape index (κ2) is 2.86. The largest absolute Gasteiger partial charge is 0.478 e. The van der Waals surface area contributed by atoms with E-state index in [-0.39, 0.29) is 0 Å². The van der Waals surface area contributed by atoms with Crippen LogP contribution in [0.5, 0.6) is 0 Å². The van der Waals surface area contributed by atoms with E-state index in [4.69, 9.17) is 5.11 Å². The van der Waals surface area contributed by atoms with Crippen LogP contribution < -0.4 is 0 Å². The topological polar surface area (TPSA) is 37.3 Å². The second-order valence-electron chi connectivity index (χ2n) is 2.01. The Morgan fingerprint density at radius 3 is 2.30 bits per heavy atom. The first kappa shape index (κ1) is 9.20. The Morgan fingerprint density at radius 1 is 1.80 bits per heavy atom. The first-order valence-electron chi connectivity index (χ1n) is 2.85. The highest BCUT2D eigenvalue weighted by molar-refractivity contribution is 5.71. The lowest BCUT2D eigenvalue weighted by atomic mass is 10.0. The lowest BCUT2D eigenvalue weighted by molar-refractivity contribution is -0.153. The molecule has 0 radical (unpaired) electrons. The van der Waals surface area contributed by atoms with Crippen molar-refractivity contribution in [3.63, 3.8) is 0 Å². The zero-order chi connectivity index (χ0) is 8.36. The summed E-state index contributed by atoms with van der Waals surface area (Å²) in [4.78, 5) is 9.96. The third kappa shape index (κ3) is 1.86. The molecule has 0 bridgehead atoms. The number of carboxylic acid groups (broad SMARTS) is 1. The molecule has 0 aliphatic carbocycles. The van der Waals surface area contributed by atoms with Gasteiger partial charge in [-0.1, -0.05) is 6.92 Å². The van der Waals surface area contributed by atoms with Crippen LogP contribution in [0.25, 0.3) is 0 Å². The molecule has 0 spiro atoms. The summed E-state index contributed by atoms with van der Waals surface area (Å²) in [5.41, 5.74) is 0. The predicted molar refractivity (Wildman–Crippen MR) is 31.7 cm³/mol. The smallest absolute Gasteiger partial charge is 0.358 e. The van der Waals surface area contributed by atoms with Crippen LogP contribution in [0.2, 0.25) is 0 Å². The molecule has 0 aromatic carbocycles. The standard InChI is InChI=1S/C6H8F2O2/c1-3-6(7,8)4(2)5(9)10/h4H,2-3H2,1H3/p+1. The Bertz CT molecular complexity index is 134. The summed E-state index contributed by atoms with van der Waals surface area (Å²) in [5, 5.41) is 8.11. The second-order valence-corrected chi connectivity index (χ2v) is 2.01. The van der Waals surface area contributed by atoms with Crippen LogP contribution in [-0.4, -0.2) is 17.0 Å². The monoisotopic (exact) mass is 151 g/mol. The number of carboxylic acids is 1. The quantitative estimate of drug-likeness (QED) is 0.621. The van der Waals surface area contributed by atoms with Gasteiger partial charge < -0.3 is 5.11 Å². The lowest BCUT2D eigenvalue weighted by Crippen LogP contribution is -2.31. The van der Waals surface area contributed by atoms with E-state index in [1.165, 1.54) is 6.92 Å². The van der Waals surface area contributed by atoms with Crippen molar-refractivity contribution < 1.29 is 18.7 Å². The summed E-state index contributed by atoms with van der Waals surface area (Å²) in [7, 11) is 0. The van der Waals surface area contributed by atoms with E-state index < -0.39 is 24.2 Å². The highest BCUT2D eigenvalue weighted by Gasteiger charge is 2.45. The van der Waals surface area contributed by atoms with E-state index >= 15 is 0 Å². The van der Waals surface area contributed by atoms with Gasteiger partial charge in [0.2, 0.25) is 0 Å². The molecule has 0 fully saturated rings. The number of rotatable bonds is 3. The summed E-state index contributed by atoms with van der Waals surface area (Å²) in [6, 6.07) is 0. The van der Waals surface area contributed by atoms with Gasteiger partial charge in [0.25, 0.3) is 5.92 Å². The van der Waals surface area contributed by atoms with Gasteiger partial charge in [-0.15, -0.1) is 0 Å². The Balaban J connectivity index is 4.17. The highest BCUT2D eigenvalue weighted by Crippen LogP contribution is 2.27. The zero-order valence-electron chi connectivity index (χ0n) is 5.60. The maximum atomic E-state index is 12.4. The van der Waals surface area contributed by atoms with Crippen molar-refractivity contribution in [3.8, 4) is 0 Å². The van der Waals surface area contributed by atoms with Gasteiger partial charge in [-0.2, -0.15) is 0 Å². The van der Waals surface area contributed by atoms with E-state index in [0.29, 0.717) is 0 Å². The minimum atomic E-state index is -3.19. The number of halogens is 2. The molecule has 58 valence electrons. The zero-order valence-corrected chi connectivity index (χ0v) is 5.60. The van der Waals surface area contributed by atoms with Crippen molar-refractivity contribution in [1.82, 2.24) is 0 Å². The Labute approximate surface area is 57.9 Å². The fourth-order valence-corrected chi connectivity index (χ4v) is 0.427. The molecule has 0 aliphatic rings. The average Bonchev–Trinajstić information content (AvgIpc) is 1.86. The molecular weight excluding hydrogens is 142 g/mol. The van der Waals surface area contributed by atoms with Crippen LogP contribution in [0.1, 0.15) is 13.3 Å².